The summed E-state index contributed by atoms with van der Waals surface area (Å²) >= 11 is 0. The summed E-state index contributed by atoms with van der Waals surface area (Å²) in [5.74, 6) is -0.391. The maximum atomic E-state index is 12.9. The van der Waals surface area contributed by atoms with Crippen molar-refractivity contribution in [3.8, 4) is 0 Å². The van der Waals surface area contributed by atoms with Gasteiger partial charge >= 0.3 is 0 Å². The first kappa shape index (κ1) is 18.9. The number of amides is 1. The molecule has 0 bridgehead atoms. The second kappa shape index (κ2) is 7.40. The fraction of sp³-hybridized carbons (Fsp3) is 0.190. The van der Waals surface area contributed by atoms with E-state index in [0.29, 0.717) is 11.4 Å². The number of fused-ring (bicyclic) bond motifs is 1. The maximum Gasteiger partial charge on any atom is 0.248 e. The van der Waals surface area contributed by atoms with Crippen molar-refractivity contribution in [3.63, 3.8) is 0 Å². The SMILES string of the molecule is Cc1ccc(N([C@@H](C)C(=O)Nc2cccc3ccccc23)S(C)(=O)=O)cc1. The van der Waals surface area contributed by atoms with E-state index in [1.807, 2.05) is 61.5 Å². The Morgan fingerprint density at radius 2 is 1.59 bits per heavy atom. The lowest BCUT2D eigenvalue weighted by atomic mass is 10.1. The van der Waals surface area contributed by atoms with E-state index in [-0.39, 0.29) is 0 Å². The monoisotopic (exact) mass is 382 g/mol. The Hall–Kier alpha value is -2.86. The quantitative estimate of drug-likeness (QED) is 0.727. The average Bonchev–Trinajstić information content (AvgIpc) is 2.62. The van der Waals surface area contributed by atoms with Crippen LogP contribution in [0.5, 0.6) is 0 Å². The predicted molar refractivity (Wildman–Crippen MR) is 111 cm³/mol. The van der Waals surface area contributed by atoms with Crippen molar-refractivity contribution in [2.45, 2.75) is 19.9 Å². The van der Waals surface area contributed by atoms with Crippen LogP contribution in [0.15, 0.2) is 66.7 Å². The van der Waals surface area contributed by atoms with E-state index in [1.165, 1.54) is 0 Å². The molecule has 1 N–H and O–H groups in total. The highest BCUT2D eigenvalue weighted by molar-refractivity contribution is 7.92. The molecular formula is C21H22N2O3S. The Balaban J connectivity index is 1.93. The molecule has 0 aliphatic rings. The number of hydrogen-bond acceptors (Lipinski definition) is 3. The van der Waals surface area contributed by atoms with Crippen LogP contribution in [0.3, 0.4) is 0 Å². The van der Waals surface area contributed by atoms with Gasteiger partial charge in [0, 0.05) is 11.1 Å². The van der Waals surface area contributed by atoms with Crippen LogP contribution < -0.4 is 9.62 Å². The zero-order valence-electron chi connectivity index (χ0n) is 15.5. The second-order valence-corrected chi connectivity index (χ2v) is 8.45. The molecule has 140 valence electrons. The van der Waals surface area contributed by atoms with E-state index in [2.05, 4.69) is 5.32 Å². The number of carbonyl (C=O) groups excluding carboxylic acids is 1. The summed E-state index contributed by atoms with van der Waals surface area (Å²) in [6, 6.07) is 19.5. The van der Waals surface area contributed by atoms with Gasteiger partial charge in [-0.15, -0.1) is 0 Å². The van der Waals surface area contributed by atoms with Gasteiger partial charge in [-0.3, -0.25) is 9.10 Å². The second-order valence-electron chi connectivity index (χ2n) is 6.59. The van der Waals surface area contributed by atoms with Crippen molar-refractivity contribution in [1.29, 1.82) is 0 Å². The van der Waals surface area contributed by atoms with Crippen LogP contribution in [0, 0.1) is 6.92 Å². The van der Waals surface area contributed by atoms with Gasteiger partial charge in [0.05, 0.1) is 11.9 Å². The first-order valence-corrected chi connectivity index (χ1v) is 10.5. The lowest BCUT2D eigenvalue weighted by Crippen LogP contribution is -2.45. The molecule has 3 aromatic rings. The van der Waals surface area contributed by atoms with Gasteiger partial charge in [-0.2, -0.15) is 0 Å². The van der Waals surface area contributed by atoms with E-state index >= 15 is 0 Å². The van der Waals surface area contributed by atoms with Crippen molar-refractivity contribution in [1.82, 2.24) is 0 Å². The molecule has 0 fully saturated rings. The average molecular weight is 382 g/mol. The number of hydrogen-bond donors (Lipinski definition) is 1. The van der Waals surface area contributed by atoms with Crippen LogP contribution in [0.4, 0.5) is 11.4 Å². The predicted octanol–water partition coefficient (Wildman–Crippen LogP) is 3.94. The van der Waals surface area contributed by atoms with Crippen molar-refractivity contribution in [2.24, 2.45) is 0 Å². The third-order valence-electron chi connectivity index (χ3n) is 4.42. The number of anilines is 2. The Labute approximate surface area is 159 Å². The summed E-state index contributed by atoms with van der Waals surface area (Å²) in [6.07, 6.45) is 1.11. The molecular weight excluding hydrogens is 360 g/mol. The lowest BCUT2D eigenvalue weighted by molar-refractivity contribution is -0.116. The largest absolute Gasteiger partial charge is 0.324 e. The van der Waals surface area contributed by atoms with Crippen LogP contribution in [-0.4, -0.2) is 26.6 Å². The first-order chi connectivity index (χ1) is 12.8. The molecule has 27 heavy (non-hydrogen) atoms. The molecule has 6 heteroatoms. The zero-order chi connectivity index (χ0) is 19.6. The van der Waals surface area contributed by atoms with Gasteiger partial charge in [-0.05, 0) is 37.4 Å². The molecule has 1 atom stereocenters. The summed E-state index contributed by atoms with van der Waals surface area (Å²) in [4.78, 5) is 12.9. The van der Waals surface area contributed by atoms with Crippen LogP contribution in [0.1, 0.15) is 12.5 Å². The number of carbonyl (C=O) groups is 1. The van der Waals surface area contributed by atoms with Gasteiger partial charge in [0.25, 0.3) is 0 Å². The minimum Gasteiger partial charge on any atom is -0.324 e. The number of nitrogens with zero attached hydrogens (tertiary/aromatic N) is 1. The molecule has 0 heterocycles. The highest BCUT2D eigenvalue weighted by atomic mass is 32.2. The minimum atomic E-state index is -3.64. The Morgan fingerprint density at radius 1 is 0.963 bits per heavy atom. The molecule has 0 saturated heterocycles. The van der Waals surface area contributed by atoms with Crippen LogP contribution in [0.25, 0.3) is 10.8 Å². The summed E-state index contributed by atoms with van der Waals surface area (Å²) in [6.45, 7) is 3.51. The number of benzene rings is 3. The van der Waals surface area contributed by atoms with Crippen molar-refractivity contribution in [2.75, 3.05) is 15.9 Å². The Kier molecular flexibility index (Phi) is 5.19. The topological polar surface area (TPSA) is 66.5 Å². The fourth-order valence-electron chi connectivity index (χ4n) is 3.07. The molecule has 0 saturated carbocycles. The van der Waals surface area contributed by atoms with E-state index in [0.717, 1.165) is 26.9 Å². The Bertz CT molecular complexity index is 1070. The third-order valence-corrected chi connectivity index (χ3v) is 5.67. The molecule has 0 radical (unpaired) electrons. The molecule has 0 unspecified atom stereocenters. The van der Waals surface area contributed by atoms with Crippen molar-refractivity contribution >= 4 is 38.1 Å². The number of aryl methyl sites for hydroxylation is 1. The van der Waals surface area contributed by atoms with Gasteiger partial charge in [0.2, 0.25) is 15.9 Å². The molecule has 3 aromatic carbocycles. The standard InChI is InChI=1S/C21H22N2O3S/c1-15-11-13-18(14-12-15)23(27(3,25)26)16(2)21(24)22-20-10-6-8-17-7-4-5-9-19(17)20/h4-14,16H,1-3H3,(H,22,24)/t16-/m0/s1. The number of sulfonamides is 1. The van der Waals surface area contributed by atoms with E-state index in [1.54, 1.807) is 19.1 Å². The zero-order valence-corrected chi connectivity index (χ0v) is 16.3. The summed E-state index contributed by atoms with van der Waals surface area (Å²) in [5, 5.41) is 4.78. The van der Waals surface area contributed by atoms with E-state index in [4.69, 9.17) is 0 Å². The van der Waals surface area contributed by atoms with Crippen molar-refractivity contribution in [3.05, 3.63) is 72.3 Å². The molecule has 0 aliphatic carbocycles. The molecule has 0 spiro atoms. The van der Waals surface area contributed by atoms with Crippen LogP contribution in [-0.2, 0) is 14.8 Å². The summed E-state index contributed by atoms with van der Waals surface area (Å²) in [7, 11) is -3.64. The molecule has 1 amide bonds. The third kappa shape index (κ3) is 4.11. The maximum absolute atomic E-state index is 12.9. The van der Waals surface area contributed by atoms with Gasteiger partial charge in [0.15, 0.2) is 0 Å². The molecule has 0 aliphatic heterocycles. The molecule has 0 aromatic heterocycles. The normalized spacial score (nSPS) is 12.6. The molecule has 5 nitrogen and oxygen atoms in total. The van der Waals surface area contributed by atoms with Crippen molar-refractivity contribution < 1.29 is 13.2 Å². The van der Waals surface area contributed by atoms with Gasteiger partial charge < -0.3 is 5.32 Å². The van der Waals surface area contributed by atoms with Gasteiger partial charge in [-0.25, -0.2) is 8.42 Å². The first-order valence-electron chi connectivity index (χ1n) is 8.62. The summed E-state index contributed by atoms with van der Waals surface area (Å²) in [5.41, 5.74) is 2.13. The van der Waals surface area contributed by atoms with Crippen LogP contribution >= 0.6 is 0 Å². The van der Waals surface area contributed by atoms with Gasteiger partial charge in [-0.1, -0.05) is 54.1 Å². The van der Waals surface area contributed by atoms with E-state index in [9.17, 15) is 13.2 Å². The smallest absolute Gasteiger partial charge is 0.248 e. The lowest BCUT2D eigenvalue weighted by Gasteiger charge is -2.28. The summed E-state index contributed by atoms with van der Waals surface area (Å²) < 4.78 is 25.9. The van der Waals surface area contributed by atoms with Gasteiger partial charge in [0.1, 0.15) is 6.04 Å². The highest BCUT2D eigenvalue weighted by Crippen LogP contribution is 2.25. The minimum absolute atomic E-state index is 0.391. The molecule has 3 rings (SSSR count). The van der Waals surface area contributed by atoms with Crippen LogP contribution in [0.2, 0.25) is 0 Å². The Morgan fingerprint density at radius 3 is 2.26 bits per heavy atom. The number of rotatable bonds is 5. The van der Waals surface area contributed by atoms with E-state index < -0.39 is 22.0 Å². The number of nitrogens with one attached hydrogen (secondary N) is 1. The highest BCUT2D eigenvalue weighted by Gasteiger charge is 2.29. The fourth-order valence-corrected chi connectivity index (χ4v) is 4.25.